The molecule has 0 bridgehead atoms. The average molecular weight is 543 g/mol. The molecule has 0 spiro atoms. The minimum absolute atomic E-state index is 0.176. The van der Waals surface area contributed by atoms with Crippen molar-refractivity contribution in [3.05, 3.63) is 82.5 Å². The first-order chi connectivity index (χ1) is 18.7. The van der Waals surface area contributed by atoms with Crippen LogP contribution in [0.5, 0.6) is 0 Å². The van der Waals surface area contributed by atoms with Crippen molar-refractivity contribution >= 4 is 44.4 Å². The van der Waals surface area contributed by atoms with Gasteiger partial charge in [0.2, 0.25) is 0 Å². The van der Waals surface area contributed by atoms with Gasteiger partial charge in [-0.05, 0) is 81.0 Å². The average Bonchev–Trinajstić information content (AvgIpc) is 3.32. The smallest absolute Gasteiger partial charge is 0.357 e. The molecule has 1 N–H and O–H groups in total. The maximum absolute atomic E-state index is 13.4. The predicted octanol–water partition coefficient (Wildman–Crippen LogP) is 6.80. The van der Waals surface area contributed by atoms with Crippen LogP contribution in [0.25, 0.3) is 10.2 Å². The number of para-hydroxylation sites is 1. The van der Waals surface area contributed by atoms with E-state index in [9.17, 15) is 9.59 Å². The lowest BCUT2D eigenvalue weighted by atomic mass is 9.94. The topological polar surface area (TPSA) is 84.4 Å². The number of pyridine rings is 1. The summed E-state index contributed by atoms with van der Waals surface area (Å²) in [4.78, 5) is 38.0. The largest absolute Gasteiger partial charge is 0.455 e. The van der Waals surface area contributed by atoms with Gasteiger partial charge in [-0.1, -0.05) is 55.0 Å². The van der Waals surface area contributed by atoms with Crippen molar-refractivity contribution in [1.29, 1.82) is 0 Å². The van der Waals surface area contributed by atoms with Crippen LogP contribution in [0.4, 0.5) is 10.9 Å². The molecule has 5 rings (SSSR count). The highest BCUT2D eigenvalue weighted by Gasteiger charge is 2.26. The Kier molecular flexibility index (Phi) is 7.66. The summed E-state index contributed by atoms with van der Waals surface area (Å²) in [5, 5.41) is 3.58. The zero-order valence-corrected chi connectivity index (χ0v) is 23.7. The molecule has 1 aliphatic rings. The van der Waals surface area contributed by atoms with Gasteiger partial charge in [0, 0.05) is 18.7 Å². The summed E-state index contributed by atoms with van der Waals surface area (Å²) in [5.74, 6) is 0.136. The SMILES string of the molecule is CCCCc1ccc(N2CCc3cccc(C(=O)Nc4nc5ccccc5s4)c3C2)nc1C(=O)OC(C)(C)C. The van der Waals surface area contributed by atoms with Gasteiger partial charge < -0.3 is 9.64 Å². The highest BCUT2D eigenvalue weighted by Crippen LogP contribution is 2.30. The van der Waals surface area contributed by atoms with E-state index in [1.54, 1.807) is 0 Å². The first kappa shape index (κ1) is 26.8. The number of anilines is 2. The molecular formula is C31H34N4O3S. The number of hydrogen-bond acceptors (Lipinski definition) is 7. The lowest BCUT2D eigenvalue weighted by Crippen LogP contribution is -2.33. The number of aryl methyl sites for hydroxylation is 1. The van der Waals surface area contributed by atoms with Crippen LogP contribution in [0.3, 0.4) is 0 Å². The Morgan fingerprint density at radius 2 is 1.87 bits per heavy atom. The van der Waals surface area contributed by atoms with Crippen LogP contribution in [-0.4, -0.2) is 34.0 Å². The number of esters is 1. The second-order valence-electron chi connectivity index (χ2n) is 10.8. The van der Waals surface area contributed by atoms with Gasteiger partial charge in [0.05, 0.1) is 10.2 Å². The molecule has 39 heavy (non-hydrogen) atoms. The molecule has 1 aliphatic heterocycles. The fourth-order valence-corrected chi connectivity index (χ4v) is 5.67. The number of rotatable bonds is 7. The van der Waals surface area contributed by atoms with Crippen molar-refractivity contribution in [1.82, 2.24) is 9.97 Å². The van der Waals surface area contributed by atoms with E-state index in [1.807, 2.05) is 69.3 Å². The molecule has 0 unspecified atom stereocenters. The van der Waals surface area contributed by atoms with Gasteiger partial charge >= 0.3 is 5.97 Å². The van der Waals surface area contributed by atoms with Gasteiger partial charge in [0.15, 0.2) is 10.8 Å². The zero-order chi connectivity index (χ0) is 27.6. The van der Waals surface area contributed by atoms with Crippen LogP contribution in [0, 0.1) is 0 Å². The number of carbonyl (C=O) groups is 2. The molecule has 0 radical (unpaired) electrons. The van der Waals surface area contributed by atoms with Crippen LogP contribution in [0.15, 0.2) is 54.6 Å². The second-order valence-corrected chi connectivity index (χ2v) is 11.9. The molecule has 0 saturated heterocycles. The van der Waals surface area contributed by atoms with Gasteiger partial charge in [0.25, 0.3) is 5.91 Å². The van der Waals surface area contributed by atoms with Gasteiger partial charge in [-0.3, -0.25) is 10.1 Å². The van der Waals surface area contributed by atoms with Crippen LogP contribution >= 0.6 is 11.3 Å². The van der Waals surface area contributed by atoms with Gasteiger partial charge in [-0.2, -0.15) is 0 Å². The van der Waals surface area contributed by atoms with Gasteiger partial charge in [-0.15, -0.1) is 0 Å². The van der Waals surface area contributed by atoms with E-state index in [0.29, 0.717) is 28.8 Å². The van der Waals surface area contributed by atoms with Crippen molar-refractivity contribution in [3.8, 4) is 0 Å². The van der Waals surface area contributed by atoms with E-state index in [1.165, 1.54) is 11.3 Å². The van der Waals surface area contributed by atoms with Crippen LogP contribution in [-0.2, 0) is 24.1 Å². The summed E-state index contributed by atoms with van der Waals surface area (Å²) < 4.78 is 6.72. The Labute approximate surface area is 233 Å². The van der Waals surface area contributed by atoms with Crippen molar-refractivity contribution in [2.45, 2.75) is 65.5 Å². The van der Waals surface area contributed by atoms with E-state index < -0.39 is 11.6 Å². The minimum atomic E-state index is -0.605. The molecule has 1 amide bonds. The second kappa shape index (κ2) is 11.1. The Balaban J connectivity index is 1.41. The Hall–Kier alpha value is -3.78. The summed E-state index contributed by atoms with van der Waals surface area (Å²) in [5.41, 5.74) is 4.29. The van der Waals surface area contributed by atoms with Gasteiger partial charge in [0.1, 0.15) is 11.4 Å². The molecule has 2 aromatic carbocycles. The molecule has 0 fully saturated rings. The third kappa shape index (κ3) is 6.11. The third-order valence-corrected chi connectivity index (χ3v) is 7.66. The predicted molar refractivity (Wildman–Crippen MR) is 157 cm³/mol. The quantitative estimate of drug-likeness (QED) is 0.259. The number of fused-ring (bicyclic) bond motifs is 2. The number of nitrogens with one attached hydrogen (secondary N) is 1. The highest BCUT2D eigenvalue weighted by atomic mass is 32.1. The van der Waals surface area contributed by atoms with Gasteiger partial charge in [-0.25, -0.2) is 14.8 Å². The van der Waals surface area contributed by atoms with Crippen molar-refractivity contribution in [2.75, 3.05) is 16.8 Å². The maximum atomic E-state index is 13.4. The molecule has 2 aromatic heterocycles. The summed E-state index contributed by atoms with van der Waals surface area (Å²) in [6, 6.07) is 17.7. The molecular weight excluding hydrogens is 508 g/mol. The zero-order valence-electron chi connectivity index (χ0n) is 22.9. The van der Waals surface area contributed by atoms with Crippen molar-refractivity contribution < 1.29 is 14.3 Å². The monoisotopic (exact) mass is 542 g/mol. The molecule has 202 valence electrons. The van der Waals surface area contributed by atoms with Crippen molar-refractivity contribution in [2.24, 2.45) is 0 Å². The summed E-state index contributed by atoms with van der Waals surface area (Å²) in [6.07, 6.45) is 3.55. The lowest BCUT2D eigenvalue weighted by Gasteiger charge is -2.31. The standard InChI is InChI=1S/C31H34N4O3S/c1-5-6-10-21-15-16-26(33-27(21)29(37)38-31(2,3)4)35-18-17-20-11-9-12-22(23(20)19-35)28(36)34-30-32-24-13-7-8-14-25(24)39-30/h7-9,11-16H,5-6,10,17-19H2,1-4H3,(H,32,34,36). The molecule has 0 saturated carbocycles. The van der Waals surface area contributed by atoms with Crippen LogP contribution in [0.1, 0.15) is 78.1 Å². The number of benzene rings is 2. The molecule has 3 heterocycles. The number of ether oxygens (including phenoxy) is 1. The molecule has 0 aliphatic carbocycles. The van der Waals surface area contributed by atoms with Crippen LogP contribution < -0.4 is 10.2 Å². The number of hydrogen-bond donors (Lipinski definition) is 1. The Morgan fingerprint density at radius 3 is 2.64 bits per heavy atom. The molecule has 0 atom stereocenters. The van der Waals surface area contributed by atoms with Crippen LogP contribution in [0.2, 0.25) is 0 Å². The lowest BCUT2D eigenvalue weighted by molar-refractivity contribution is 0.00614. The number of nitrogens with zero attached hydrogens (tertiary/aromatic N) is 3. The first-order valence-corrected chi connectivity index (χ1v) is 14.3. The highest BCUT2D eigenvalue weighted by molar-refractivity contribution is 7.22. The fourth-order valence-electron chi connectivity index (χ4n) is 4.81. The molecule has 7 nitrogen and oxygen atoms in total. The maximum Gasteiger partial charge on any atom is 0.357 e. The van der Waals surface area contributed by atoms with E-state index >= 15 is 0 Å². The van der Waals surface area contributed by atoms with E-state index in [4.69, 9.17) is 9.72 Å². The first-order valence-electron chi connectivity index (χ1n) is 13.5. The molecule has 8 heteroatoms. The number of thiazole rings is 1. The summed E-state index contributed by atoms with van der Waals surface area (Å²) in [6.45, 7) is 8.98. The number of amides is 1. The molecule has 4 aromatic rings. The third-order valence-electron chi connectivity index (χ3n) is 6.71. The Bertz CT molecular complexity index is 1490. The van der Waals surface area contributed by atoms with Crippen molar-refractivity contribution in [3.63, 3.8) is 0 Å². The van der Waals surface area contributed by atoms with E-state index in [-0.39, 0.29) is 5.91 Å². The number of carbonyl (C=O) groups excluding carboxylic acids is 2. The normalized spacial score (nSPS) is 13.3. The Morgan fingerprint density at radius 1 is 1.05 bits per heavy atom. The number of aromatic nitrogens is 2. The van der Waals surface area contributed by atoms with E-state index in [2.05, 4.69) is 28.2 Å². The summed E-state index contributed by atoms with van der Waals surface area (Å²) >= 11 is 1.46. The summed E-state index contributed by atoms with van der Waals surface area (Å²) in [7, 11) is 0. The number of unbranched alkanes of at least 4 members (excludes halogenated alkanes) is 1. The minimum Gasteiger partial charge on any atom is -0.455 e. The van der Waals surface area contributed by atoms with E-state index in [0.717, 1.165) is 59.1 Å². The fraction of sp³-hybridized carbons (Fsp3) is 0.355.